The molecule has 0 spiro atoms. The number of hydrogen-bond acceptors (Lipinski definition) is 4. The summed E-state index contributed by atoms with van der Waals surface area (Å²) in [6, 6.07) is 9.08. The first kappa shape index (κ1) is 23.0. The van der Waals surface area contributed by atoms with Crippen molar-refractivity contribution >= 4 is 60.6 Å². The number of halogens is 3. The van der Waals surface area contributed by atoms with Crippen LogP contribution in [0.25, 0.3) is 10.9 Å². The van der Waals surface area contributed by atoms with E-state index in [0.29, 0.717) is 27.5 Å². The molecular formula is C22H22Br2ClN3O2. The van der Waals surface area contributed by atoms with Crippen LogP contribution in [0.3, 0.4) is 0 Å². The Morgan fingerprint density at radius 1 is 1.23 bits per heavy atom. The van der Waals surface area contributed by atoms with Crippen molar-refractivity contribution in [2.24, 2.45) is 5.10 Å². The van der Waals surface area contributed by atoms with Gasteiger partial charge in [-0.15, -0.1) is 0 Å². The Hall–Kier alpha value is -1.70. The van der Waals surface area contributed by atoms with Crippen LogP contribution >= 0.6 is 43.5 Å². The molecule has 0 saturated heterocycles. The number of ether oxygens (including phenoxy) is 1. The lowest BCUT2D eigenvalue weighted by atomic mass is 10.2. The summed E-state index contributed by atoms with van der Waals surface area (Å²) in [4.78, 5) is 17.8. The Bertz CT molecular complexity index is 1150. The zero-order valence-corrected chi connectivity index (χ0v) is 21.0. The molecule has 0 aliphatic rings. The summed E-state index contributed by atoms with van der Waals surface area (Å²) in [6.07, 6.45) is 2.52. The molecule has 0 aliphatic heterocycles. The van der Waals surface area contributed by atoms with Crippen molar-refractivity contribution < 1.29 is 4.74 Å². The van der Waals surface area contributed by atoms with Crippen molar-refractivity contribution in [2.75, 3.05) is 0 Å². The zero-order chi connectivity index (χ0) is 22.0. The van der Waals surface area contributed by atoms with E-state index in [1.807, 2.05) is 45.9 Å². The number of hydrogen-bond donors (Lipinski definition) is 0. The smallest absolute Gasteiger partial charge is 0.282 e. The summed E-state index contributed by atoms with van der Waals surface area (Å²) in [5, 5.41) is 5.42. The van der Waals surface area contributed by atoms with Gasteiger partial charge in [0.2, 0.25) is 0 Å². The summed E-state index contributed by atoms with van der Waals surface area (Å²) < 4.78 is 8.78. The number of nitrogens with zero attached hydrogens (tertiary/aromatic N) is 3. The van der Waals surface area contributed by atoms with Gasteiger partial charge in [-0.3, -0.25) is 4.79 Å². The zero-order valence-electron chi connectivity index (χ0n) is 17.1. The van der Waals surface area contributed by atoms with Crippen LogP contribution in [0, 0.1) is 0 Å². The minimum atomic E-state index is -0.219. The molecule has 0 fully saturated rings. The number of fused-ring (bicyclic) bond motifs is 1. The topological polar surface area (TPSA) is 56.5 Å². The van der Waals surface area contributed by atoms with Gasteiger partial charge in [-0.2, -0.15) is 9.78 Å². The third-order valence-corrected chi connectivity index (χ3v) is 5.95. The first-order valence-electron chi connectivity index (χ1n) is 9.63. The predicted molar refractivity (Wildman–Crippen MR) is 130 cm³/mol. The van der Waals surface area contributed by atoms with Crippen molar-refractivity contribution in [1.29, 1.82) is 0 Å². The molecule has 0 aliphatic carbocycles. The molecule has 158 valence electrons. The van der Waals surface area contributed by atoms with Crippen molar-refractivity contribution in [3.05, 3.63) is 66.0 Å². The first-order valence-corrected chi connectivity index (χ1v) is 11.6. The minimum absolute atomic E-state index is 0.0181. The second-order valence-corrected chi connectivity index (χ2v) is 9.48. The lowest BCUT2D eigenvalue weighted by molar-refractivity contribution is 0.216. The van der Waals surface area contributed by atoms with Crippen LogP contribution in [0.5, 0.6) is 5.75 Å². The normalized spacial score (nSPS) is 12.8. The fourth-order valence-corrected chi connectivity index (χ4v) is 4.15. The average Bonchev–Trinajstić information content (AvgIpc) is 2.69. The van der Waals surface area contributed by atoms with Gasteiger partial charge in [0, 0.05) is 10.4 Å². The molecule has 1 atom stereocenters. The average molecular weight is 556 g/mol. The molecule has 0 saturated carbocycles. The maximum atomic E-state index is 13.1. The standard InChI is InChI=1S/C22H22Br2ClN3O2/c1-5-13(4)30-20-17(24)8-14(9-18(20)25)11-26-28-21(12(2)3)27-19-7-6-15(23)10-16(19)22(28)29/h6-13H,5H2,1-4H3/t13-/m0/s1. The molecule has 3 rings (SSSR count). The van der Waals surface area contributed by atoms with Gasteiger partial charge in [-0.1, -0.05) is 48.3 Å². The van der Waals surface area contributed by atoms with Crippen LogP contribution in [0.1, 0.15) is 51.4 Å². The molecule has 1 heterocycles. The monoisotopic (exact) mass is 553 g/mol. The highest BCUT2D eigenvalue weighted by molar-refractivity contribution is 9.10. The Labute approximate surface area is 197 Å². The Kier molecular flexibility index (Phi) is 7.37. The van der Waals surface area contributed by atoms with Crippen LogP contribution in [0.15, 0.2) is 49.2 Å². The van der Waals surface area contributed by atoms with Gasteiger partial charge in [-0.25, -0.2) is 4.98 Å². The molecule has 30 heavy (non-hydrogen) atoms. The molecule has 8 heteroatoms. The van der Waals surface area contributed by atoms with E-state index >= 15 is 0 Å². The molecule has 0 amide bonds. The van der Waals surface area contributed by atoms with Crippen LogP contribution in [0.2, 0.25) is 5.02 Å². The minimum Gasteiger partial charge on any atom is -0.488 e. The van der Waals surface area contributed by atoms with Crippen LogP contribution < -0.4 is 10.3 Å². The first-order chi connectivity index (χ1) is 14.2. The van der Waals surface area contributed by atoms with E-state index in [2.05, 4.69) is 41.9 Å². The third kappa shape index (κ3) is 4.95. The van der Waals surface area contributed by atoms with E-state index in [0.717, 1.165) is 20.9 Å². The van der Waals surface area contributed by atoms with E-state index in [1.54, 1.807) is 18.3 Å². The van der Waals surface area contributed by atoms with Crippen molar-refractivity contribution in [2.45, 2.75) is 46.1 Å². The summed E-state index contributed by atoms with van der Waals surface area (Å²) in [7, 11) is 0. The lowest BCUT2D eigenvalue weighted by Crippen LogP contribution is -2.23. The fraction of sp³-hybridized carbons (Fsp3) is 0.318. The molecular weight excluding hydrogens is 534 g/mol. The Morgan fingerprint density at radius 2 is 1.97 bits per heavy atom. The van der Waals surface area contributed by atoms with Gasteiger partial charge in [0.1, 0.15) is 5.82 Å². The summed E-state index contributed by atoms with van der Waals surface area (Å²) in [5.74, 6) is 1.21. The number of aromatic nitrogens is 2. The summed E-state index contributed by atoms with van der Waals surface area (Å²) in [5.41, 5.74) is 1.16. The van der Waals surface area contributed by atoms with E-state index < -0.39 is 0 Å². The fourth-order valence-electron chi connectivity index (χ4n) is 2.83. The highest BCUT2D eigenvalue weighted by Crippen LogP contribution is 2.35. The van der Waals surface area contributed by atoms with Gasteiger partial charge in [0.05, 0.1) is 32.7 Å². The maximum absolute atomic E-state index is 13.1. The van der Waals surface area contributed by atoms with E-state index in [-0.39, 0.29) is 17.6 Å². The quantitative estimate of drug-likeness (QED) is 0.316. The second-order valence-electron chi connectivity index (χ2n) is 7.30. The van der Waals surface area contributed by atoms with E-state index in [4.69, 9.17) is 16.3 Å². The van der Waals surface area contributed by atoms with Gasteiger partial charge in [0.25, 0.3) is 5.56 Å². The number of rotatable bonds is 6. The van der Waals surface area contributed by atoms with Gasteiger partial charge in [-0.05, 0) is 65.2 Å². The van der Waals surface area contributed by atoms with Crippen molar-refractivity contribution in [1.82, 2.24) is 9.66 Å². The predicted octanol–water partition coefficient (Wildman–Crippen LogP) is 6.76. The summed E-state index contributed by atoms with van der Waals surface area (Å²) >= 11 is 13.4. The molecule has 5 nitrogen and oxygen atoms in total. The highest BCUT2D eigenvalue weighted by atomic mass is 79.9. The second kappa shape index (κ2) is 9.62. The third-order valence-electron chi connectivity index (χ3n) is 4.59. The molecule has 1 aromatic heterocycles. The highest BCUT2D eigenvalue weighted by Gasteiger charge is 2.15. The number of benzene rings is 2. The van der Waals surface area contributed by atoms with Crippen molar-refractivity contribution in [3.8, 4) is 5.75 Å². The SMILES string of the molecule is CC[C@H](C)Oc1c(Cl)cc(C=Nn2c(C(C)C)nc3ccc(Br)cc3c2=O)cc1Br. The molecule has 2 aromatic carbocycles. The van der Waals surface area contributed by atoms with Gasteiger partial charge in [0.15, 0.2) is 5.75 Å². The molecule has 0 bridgehead atoms. The largest absolute Gasteiger partial charge is 0.488 e. The van der Waals surface area contributed by atoms with Crippen LogP contribution in [0.4, 0.5) is 0 Å². The molecule has 0 radical (unpaired) electrons. The van der Waals surface area contributed by atoms with Crippen LogP contribution in [-0.4, -0.2) is 22.0 Å². The maximum Gasteiger partial charge on any atom is 0.282 e. The summed E-state index contributed by atoms with van der Waals surface area (Å²) in [6.45, 7) is 8.00. The Morgan fingerprint density at radius 3 is 2.60 bits per heavy atom. The Balaban J connectivity index is 2.06. The van der Waals surface area contributed by atoms with E-state index in [9.17, 15) is 4.79 Å². The van der Waals surface area contributed by atoms with E-state index in [1.165, 1.54) is 4.68 Å². The van der Waals surface area contributed by atoms with Gasteiger partial charge >= 0.3 is 0 Å². The lowest BCUT2D eigenvalue weighted by Gasteiger charge is -2.16. The molecule has 0 unspecified atom stereocenters. The van der Waals surface area contributed by atoms with Gasteiger partial charge < -0.3 is 4.74 Å². The van der Waals surface area contributed by atoms with Crippen molar-refractivity contribution in [3.63, 3.8) is 0 Å². The molecule has 3 aromatic rings. The van der Waals surface area contributed by atoms with Crippen LogP contribution in [-0.2, 0) is 0 Å². The molecule has 0 N–H and O–H groups in total.